The lowest BCUT2D eigenvalue weighted by Crippen LogP contribution is -2.56. The van der Waals surface area contributed by atoms with Gasteiger partial charge in [0.1, 0.15) is 0 Å². The van der Waals surface area contributed by atoms with Crippen LogP contribution in [0, 0.1) is 5.41 Å². The predicted molar refractivity (Wildman–Crippen MR) is 79.8 cm³/mol. The Kier molecular flexibility index (Phi) is 4.63. The molecule has 0 saturated carbocycles. The van der Waals surface area contributed by atoms with E-state index in [1.807, 2.05) is 19.9 Å². The molecule has 2 rings (SSSR count). The van der Waals surface area contributed by atoms with Crippen molar-refractivity contribution in [2.24, 2.45) is 5.41 Å². The number of aliphatic carboxylic acids is 1. The molecule has 0 spiro atoms. The molecule has 1 aliphatic heterocycles. The van der Waals surface area contributed by atoms with Crippen molar-refractivity contribution >= 4 is 11.9 Å². The van der Waals surface area contributed by atoms with Crippen molar-refractivity contribution in [2.45, 2.75) is 38.8 Å². The zero-order valence-electron chi connectivity index (χ0n) is 12.4. The van der Waals surface area contributed by atoms with Crippen LogP contribution < -0.4 is 10.6 Å². The number of hydrogen-bond donors (Lipinski definition) is 3. The molecule has 1 unspecified atom stereocenters. The maximum Gasteiger partial charge on any atom is 0.330 e. The van der Waals surface area contributed by atoms with E-state index in [0.29, 0.717) is 5.56 Å². The van der Waals surface area contributed by atoms with Gasteiger partial charge in [0, 0.05) is 0 Å². The van der Waals surface area contributed by atoms with Gasteiger partial charge in [0.2, 0.25) is 5.91 Å². The summed E-state index contributed by atoms with van der Waals surface area (Å²) in [6.07, 6.45) is 1.97. The van der Waals surface area contributed by atoms with Gasteiger partial charge in [0.15, 0.2) is 6.04 Å². The van der Waals surface area contributed by atoms with Gasteiger partial charge >= 0.3 is 5.97 Å². The number of piperidine rings is 1. The molecular weight excluding hydrogens is 268 g/mol. The maximum atomic E-state index is 12.5. The molecule has 21 heavy (non-hydrogen) atoms. The van der Waals surface area contributed by atoms with E-state index in [0.717, 1.165) is 19.4 Å². The summed E-state index contributed by atoms with van der Waals surface area (Å²) < 4.78 is 0. The Balaban J connectivity index is 2.14. The van der Waals surface area contributed by atoms with Crippen LogP contribution in [0.3, 0.4) is 0 Å². The van der Waals surface area contributed by atoms with Crippen LogP contribution in [0.1, 0.15) is 38.3 Å². The third-order valence-corrected chi connectivity index (χ3v) is 4.06. The first-order chi connectivity index (χ1) is 9.92. The van der Waals surface area contributed by atoms with E-state index in [1.165, 1.54) is 0 Å². The van der Waals surface area contributed by atoms with Crippen LogP contribution >= 0.6 is 0 Å². The van der Waals surface area contributed by atoms with Gasteiger partial charge in [-0.25, -0.2) is 4.79 Å². The Bertz CT molecular complexity index is 514. The van der Waals surface area contributed by atoms with Gasteiger partial charge in [-0.05, 0) is 30.4 Å². The number of hydrogen-bond acceptors (Lipinski definition) is 3. The van der Waals surface area contributed by atoms with Crippen molar-refractivity contribution in [1.82, 2.24) is 10.6 Å². The molecule has 1 amide bonds. The Morgan fingerprint density at radius 1 is 1.33 bits per heavy atom. The Labute approximate surface area is 124 Å². The number of carboxylic acids is 1. The molecule has 3 N–H and O–H groups in total. The Morgan fingerprint density at radius 3 is 2.57 bits per heavy atom. The minimum Gasteiger partial charge on any atom is -0.479 e. The number of carboxylic acid groups (broad SMARTS) is 1. The molecule has 0 bridgehead atoms. The number of carbonyl (C=O) groups excluding carboxylic acids is 1. The molecule has 1 saturated heterocycles. The van der Waals surface area contributed by atoms with Crippen LogP contribution in [0.2, 0.25) is 0 Å². The molecule has 1 aromatic rings. The minimum absolute atomic E-state index is 0.178. The number of amides is 1. The summed E-state index contributed by atoms with van der Waals surface area (Å²) in [5, 5.41) is 15.2. The first kappa shape index (κ1) is 15.5. The zero-order chi connectivity index (χ0) is 15.5. The summed E-state index contributed by atoms with van der Waals surface area (Å²) in [6.45, 7) is 4.84. The second-order valence-electron chi connectivity index (χ2n) is 6.17. The van der Waals surface area contributed by atoms with Crippen molar-refractivity contribution in [3.05, 3.63) is 35.9 Å². The van der Waals surface area contributed by atoms with Crippen molar-refractivity contribution in [3.8, 4) is 0 Å². The standard InChI is InChI=1S/C16H22N2O3/c1-16(2)9-6-10-17-13(16)14(19)18-12(15(20)21)11-7-4-3-5-8-11/h3-5,7-8,12-13,17H,6,9-10H2,1-2H3,(H,18,19)(H,20,21)/t12-,13?/m1/s1. The molecular formula is C16H22N2O3. The highest BCUT2D eigenvalue weighted by Gasteiger charge is 2.38. The van der Waals surface area contributed by atoms with Gasteiger partial charge in [-0.2, -0.15) is 0 Å². The molecule has 5 nitrogen and oxygen atoms in total. The smallest absolute Gasteiger partial charge is 0.330 e. The van der Waals surface area contributed by atoms with E-state index in [4.69, 9.17) is 0 Å². The summed E-state index contributed by atoms with van der Waals surface area (Å²) in [4.78, 5) is 23.9. The largest absolute Gasteiger partial charge is 0.479 e. The average molecular weight is 290 g/mol. The number of carbonyl (C=O) groups is 2. The quantitative estimate of drug-likeness (QED) is 0.789. The lowest BCUT2D eigenvalue weighted by Gasteiger charge is -2.38. The highest BCUT2D eigenvalue weighted by molar-refractivity contribution is 5.88. The second-order valence-corrected chi connectivity index (χ2v) is 6.17. The van der Waals surface area contributed by atoms with Crippen molar-refractivity contribution < 1.29 is 14.7 Å². The van der Waals surface area contributed by atoms with Gasteiger partial charge in [0.05, 0.1) is 6.04 Å². The van der Waals surface area contributed by atoms with E-state index >= 15 is 0 Å². The predicted octanol–water partition coefficient (Wildman–Crippen LogP) is 1.71. The molecule has 5 heteroatoms. The molecule has 1 aliphatic rings. The fourth-order valence-electron chi connectivity index (χ4n) is 2.82. The van der Waals surface area contributed by atoms with E-state index in [-0.39, 0.29) is 17.4 Å². The summed E-state index contributed by atoms with van der Waals surface area (Å²) >= 11 is 0. The van der Waals surface area contributed by atoms with Crippen LogP contribution in [0.4, 0.5) is 0 Å². The first-order valence-corrected chi connectivity index (χ1v) is 7.23. The van der Waals surface area contributed by atoms with Crippen LogP contribution in [0.5, 0.6) is 0 Å². The Morgan fingerprint density at radius 2 is 2.00 bits per heavy atom. The second kappa shape index (κ2) is 6.26. The fourth-order valence-corrected chi connectivity index (χ4v) is 2.82. The molecule has 0 aliphatic carbocycles. The van der Waals surface area contributed by atoms with Crippen molar-refractivity contribution in [3.63, 3.8) is 0 Å². The lowest BCUT2D eigenvalue weighted by molar-refractivity contribution is -0.143. The summed E-state index contributed by atoms with van der Waals surface area (Å²) in [7, 11) is 0. The highest BCUT2D eigenvalue weighted by Crippen LogP contribution is 2.30. The van der Waals surface area contributed by atoms with Crippen LogP contribution in [0.25, 0.3) is 0 Å². The highest BCUT2D eigenvalue weighted by atomic mass is 16.4. The van der Waals surface area contributed by atoms with Crippen LogP contribution in [0.15, 0.2) is 30.3 Å². The summed E-state index contributed by atoms with van der Waals surface area (Å²) in [5.74, 6) is -1.31. The molecule has 1 aromatic carbocycles. The van der Waals surface area contributed by atoms with Crippen LogP contribution in [-0.4, -0.2) is 29.6 Å². The SMILES string of the molecule is CC1(C)CCCNC1C(=O)N[C@@H](C(=O)O)c1ccccc1. The molecule has 0 aromatic heterocycles. The first-order valence-electron chi connectivity index (χ1n) is 7.23. The van der Waals surface area contributed by atoms with E-state index in [9.17, 15) is 14.7 Å². The number of benzene rings is 1. The maximum absolute atomic E-state index is 12.5. The third kappa shape index (κ3) is 3.61. The monoisotopic (exact) mass is 290 g/mol. The Hall–Kier alpha value is -1.88. The molecule has 2 atom stereocenters. The molecule has 1 heterocycles. The minimum atomic E-state index is -1.05. The molecule has 1 fully saturated rings. The van der Waals surface area contributed by atoms with Crippen molar-refractivity contribution in [1.29, 1.82) is 0 Å². The zero-order valence-corrected chi connectivity index (χ0v) is 12.4. The fraction of sp³-hybridized carbons (Fsp3) is 0.500. The van der Waals surface area contributed by atoms with E-state index in [1.54, 1.807) is 24.3 Å². The average Bonchev–Trinajstić information content (AvgIpc) is 2.44. The normalized spacial score (nSPS) is 22.3. The van der Waals surface area contributed by atoms with Gasteiger partial charge in [-0.1, -0.05) is 44.2 Å². The summed E-state index contributed by atoms with van der Waals surface area (Å²) in [5.41, 5.74) is 0.397. The van der Waals surface area contributed by atoms with Gasteiger partial charge in [-0.3, -0.25) is 4.79 Å². The molecule has 0 radical (unpaired) electrons. The van der Waals surface area contributed by atoms with Gasteiger partial charge in [-0.15, -0.1) is 0 Å². The number of rotatable bonds is 4. The van der Waals surface area contributed by atoms with Crippen molar-refractivity contribution in [2.75, 3.05) is 6.54 Å². The van der Waals surface area contributed by atoms with E-state index in [2.05, 4.69) is 10.6 Å². The van der Waals surface area contributed by atoms with Crippen LogP contribution in [-0.2, 0) is 9.59 Å². The lowest BCUT2D eigenvalue weighted by atomic mass is 9.77. The molecule has 114 valence electrons. The van der Waals surface area contributed by atoms with E-state index < -0.39 is 12.0 Å². The van der Waals surface area contributed by atoms with Gasteiger partial charge < -0.3 is 15.7 Å². The third-order valence-electron chi connectivity index (χ3n) is 4.06. The number of nitrogens with one attached hydrogen (secondary N) is 2. The van der Waals surface area contributed by atoms with Gasteiger partial charge in [0.25, 0.3) is 0 Å². The topological polar surface area (TPSA) is 78.4 Å². The summed E-state index contributed by atoms with van der Waals surface area (Å²) in [6, 6.07) is 7.38.